The molecule has 0 aliphatic rings. The van der Waals surface area contributed by atoms with Crippen molar-refractivity contribution in [1.82, 2.24) is 20.4 Å². The number of benzene rings is 1. The first-order valence-electron chi connectivity index (χ1n) is 7.48. The smallest absolute Gasteiger partial charge is 0.308 e. The van der Waals surface area contributed by atoms with E-state index in [9.17, 15) is 9.59 Å². The molecule has 0 saturated heterocycles. The van der Waals surface area contributed by atoms with Gasteiger partial charge in [-0.3, -0.25) is 15.4 Å². The molecule has 0 bridgehead atoms. The van der Waals surface area contributed by atoms with Crippen molar-refractivity contribution in [3.63, 3.8) is 0 Å². The fourth-order valence-corrected chi connectivity index (χ4v) is 4.23. The summed E-state index contributed by atoms with van der Waals surface area (Å²) in [6.07, 6.45) is 0. The number of hydrogen-bond donors (Lipinski definition) is 3. The molecular formula is C14H11Cl2N7O2S3. The summed E-state index contributed by atoms with van der Waals surface area (Å²) < 4.78 is 0.536. The summed E-state index contributed by atoms with van der Waals surface area (Å²) in [5.41, 5.74) is 0.481. The molecule has 1 aromatic carbocycles. The molecular weight excluding hydrogens is 465 g/mol. The summed E-state index contributed by atoms with van der Waals surface area (Å²) in [4.78, 5) is 23.9. The second kappa shape index (κ2) is 9.47. The summed E-state index contributed by atoms with van der Waals surface area (Å²) in [6, 6.07) is 4.22. The Labute approximate surface area is 181 Å². The standard InChI is InChI=1S/C14H11Cl2N7O2S3/c1-6-20-21-12(27-6)18-10(24)5-26-14-23-22-13(28-14)19-11(25)17-7-2-3-8(15)9(16)4-7/h2-4H,5H2,1H3,(H,18,21,24)(H2,17,19,22,25). The molecule has 0 aliphatic carbocycles. The molecule has 3 N–H and O–H groups in total. The van der Waals surface area contributed by atoms with Gasteiger partial charge in [0.05, 0.1) is 15.8 Å². The van der Waals surface area contributed by atoms with Crippen LogP contribution in [0.4, 0.5) is 20.7 Å². The number of anilines is 3. The van der Waals surface area contributed by atoms with Gasteiger partial charge in [-0.05, 0) is 25.1 Å². The van der Waals surface area contributed by atoms with Gasteiger partial charge in [0.2, 0.25) is 16.2 Å². The molecule has 0 saturated carbocycles. The third-order valence-electron chi connectivity index (χ3n) is 2.90. The highest BCUT2D eigenvalue weighted by Gasteiger charge is 2.12. The van der Waals surface area contributed by atoms with E-state index in [1.165, 1.54) is 29.2 Å². The highest BCUT2D eigenvalue weighted by atomic mass is 35.5. The van der Waals surface area contributed by atoms with Crippen LogP contribution in [-0.4, -0.2) is 38.1 Å². The minimum absolute atomic E-state index is 0.128. The Morgan fingerprint density at radius 3 is 2.46 bits per heavy atom. The highest BCUT2D eigenvalue weighted by Crippen LogP contribution is 2.27. The average Bonchev–Trinajstić information content (AvgIpc) is 3.25. The quantitative estimate of drug-likeness (QED) is 0.357. The largest absolute Gasteiger partial charge is 0.325 e. The summed E-state index contributed by atoms with van der Waals surface area (Å²) >= 11 is 15.4. The average molecular weight is 476 g/mol. The number of halogens is 2. The minimum Gasteiger partial charge on any atom is -0.308 e. The van der Waals surface area contributed by atoms with Gasteiger partial charge in [0.1, 0.15) is 5.01 Å². The number of carbonyl (C=O) groups is 2. The van der Waals surface area contributed by atoms with Gasteiger partial charge in [0.25, 0.3) is 0 Å². The first-order valence-corrected chi connectivity index (χ1v) is 10.9. The third kappa shape index (κ3) is 6.01. The van der Waals surface area contributed by atoms with E-state index < -0.39 is 6.03 Å². The van der Waals surface area contributed by atoms with E-state index in [-0.39, 0.29) is 11.7 Å². The number of aryl methyl sites for hydroxylation is 1. The molecule has 3 amide bonds. The first kappa shape index (κ1) is 20.7. The number of carbonyl (C=O) groups excluding carboxylic acids is 2. The Hall–Kier alpha value is -1.99. The van der Waals surface area contributed by atoms with Crippen LogP contribution in [0.3, 0.4) is 0 Å². The number of hydrogen-bond acceptors (Lipinski definition) is 9. The number of rotatable bonds is 6. The van der Waals surface area contributed by atoms with Crippen molar-refractivity contribution in [2.24, 2.45) is 0 Å². The lowest BCUT2D eigenvalue weighted by molar-refractivity contribution is -0.113. The van der Waals surface area contributed by atoms with Crippen LogP contribution in [0.1, 0.15) is 5.01 Å². The van der Waals surface area contributed by atoms with Gasteiger partial charge in [-0.15, -0.1) is 20.4 Å². The van der Waals surface area contributed by atoms with Crippen molar-refractivity contribution in [3.8, 4) is 0 Å². The second-order valence-electron chi connectivity index (χ2n) is 5.04. The van der Waals surface area contributed by atoms with E-state index in [2.05, 4.69) is 36.3 Å². The van der Waals surface area contributed by atoms with Gasteiger partial charge in [-0.25, -0.2) is 4.79 Å². The van der Waals surface area contributed by atoms with E-state index in [1.807, 2.05) is 0 Å². The fraction of sp³-hybridized carbons (Fsp3) is 0.143. The number of thioether (sulfide) groups is 1. The molecule has 2 aromatic heterocycles. The van der Waals surface area contributed by atoms with Gasteiger partial charge >= 0.3 is 6.03 Å². The van der Waals surface area contributed by atoms with Crippen LogP contribution in [0.2, 0.25) is 10.0 Å². The molecule has 9 nitrogen and oxygen atoms in total. The van der Waals surface area contributed by atoms with E-state index in [4.69, 9.17) is 23.2 Å². The van der Waals surface area contributed by atoms with Crippen molar-refractivity contribution in [2.45, 2.75) is 11.3 Å². The monoisotopic (exact) mass is 475 g/mol. The SMILES string of the molecule is Cc1nnc(NC(=O)CSc2nnc(NC(=O)Nc3ccc(Cl)c(Cl)c3)s2)s1. The molecule has 2 heterocycles. The summed E-state index contributed by atoms with van der Waals surface area (Å²) in [6.45, 7) is 1.80. The van der Waals surface area contributed by atoms with Crippen LogP contribution in [0.15, 0.2) is 22.5 Å². The Morgan fingerprint density at radius 2 is 1.75 bits per heavy atom. The highest BCUT2D eigenvalue weighted by molar-refractivity contribution is 8.01. The van der Waals surface area contributed by atoms with Crippen molar-refractivity contribution < 1.29 is 9.59 Å². The Kier molecular flexibility index (Phi) is 7.02. The minimum atomic E-state index is -0.504. The lowest BCUT2D eigenvalue weighted by atomic mass is 10.3. The van der Waals surface area contributed by atoms with Crippen LogP contribution in [0.5, 0.6) is 0 Å². The van der Waals surface area contributed by atoms with Crippen molar-refractivity contribution in [2.75, 3.05) is 21.7 Å². The molecule has 0 aliphatic heterocycles. The number of amides is 3. The normalized spacial score (nSPS) is 10.5. The van der Waals surface area contributed by atoms with Gasteiger partial charge in [0.15, 0.2) is 4.34 Å². The summed E-state index contributed by atoms with van der Waals surface area (Å²) in [5, 5.41) is 25.5. The van der Waals surface area contributed by atoms with Crippen LogP contribution in [0.25, 0.3) is 0 Å². The van der Waals surface area contributed by atoms with Crippen molar-refractivity contribution >= 4 is 85.5 Å². The lowest BCUT2D eigenvalue weighted by Gasteiger charge is -2.05. The summed E-state index contributed by atoms with van der Waals surface area (Å²) in [5.74, 6) is -0.105. The molecule has 3 rings (SSSR count). The molecule has 28 heavy (non-hydrogen) atoms. The predicted octanol–water partition coefficient (Wildman–Crippen LogP) is 4.38. The zero-order valence-electron chi connectivity index (χ0n) is 14.0. The molecule has 0 fully saturated rings. The van der Waals surface area contributed by atoms with Crippen molar-refractivity contribution in [3.05, 3.63) is 33.3 Å². The molecule has 3 aromatic rings. The predicted molar refractivity (Wildman–Crippen MR) is 113 cm³/mol. The zero-order valence-corrected chi connectivity index (χ0v) is 18.0. The molecule has 0 spiro atoms. The first-order chi connectivity index (χ1) is 13.4. The number of aromatic nitrogens is 4. The van der Waals surface area contributed by atoms with Crippen molar-refractivity contribution in [1.29, 1.82) is 0 Å². The van der Waals surface area contributed by atoms with Crippen LogP contribution in [-0.2, 0) is 4.79 Å². The van der Waals surface area contributed by atoms with E-state index >= 15 is 0 Å². The van der Waals surface area contributed by atoms with Crippen LogP contribution < -0.4 is 16.0 Å². The van der Waals surface area contributed by atoms with E-state index in [1.54, 1.807) is 19.1 Å². The van der Waals surface area contributed by atoms with Gasteiger partial charge < -0.3 is 5.32 Å². The Morgan fingerprint density at radius 1 is 1.00 bits per heavy atom. The fourth-order valence-electron chi connectivity index (χ4n) is 1.78. The second-order valence-corrected chi connectivity index (χ2v) is 9.24. The maximum atomic E-state index is 12.0. The molecule has 146 valence electrons. The Balaban J connectivity index is 1.47. The Bertz CT molecular complexity index is 1010. The van der Waals surface area contributed by atoms with E-state index in [0.29, 0.717) is 30.3 Å². The van der Waals surface area contributed by atoms with Crippen LogP contribution >= 0.6 is 57.6 Å². The molecule has 0 atom stereocenters. The zero-order chi connectivity index (χ0) is 20.1. The number of urea groups is 1. The third-order valence-corrected chi connectivity index (χ3v) is 6.37. The maximum absolute atomic E-state index is 12.0. The maximum Gasteiger partial charge on any atom is 0.325 e. The molecule has 0 unspecified atom stereocenters. The lowest BCUT2D eigenvalue weighted by Crippen LogP contribution is -2.19. The number of nitrogens with one attached hydrogen (secondary N) is 3. The van der Waals surface area contributed by atoms with E-state index in [0.717, 1.165) is 16.3 Å². The number of nitrogens with zero attached hydrogens (tertiary/aromatic N) is 4. The van der Waals surface area contributed by atoms with Gasteiger partial charge in [0, 0.05) is 5.69 Å². The summed E-state index contributed by atoms with van der Waals surface area (Å²) in [7, 11) is 0. The topological polar surface area (TPSA) is 122 Å². The van der Waals surface area contributed by atoms with Gasteiger partial charge in [-0.2, -0.15) is 0 Å². The molecule has 14 heteroatoms. The van der Waals surface area contributed by atoms with Crippen LogP contribution in [0, 0.1) is 6.92 Å². The van der Waals surface area contributed by atoms with Gasteiger partial charge in [-0.1, -0.05) is 57.6 Å². The molecule has 0 radical (unpaired) electrons.